The Morgan fingerprint density at radius 1 is 0.447 bits per heavy atom. The maximum Gasteiger partial charge on any atom is 0.146 e. The van der Waals surface area contributed by atoms with Crippen molar-refractivity contribution in [3.05, 3.63) is 140 Å². The second-order valence-electron chi connectivity index (χ2n) is 9.71. The second-order valence-corrected chi connectivity index (χ2v) is 11.9. The number of fused-ring (bicyclic) bond motifs is 9. The fourth-order valence-electron chi connectivity index (χ4n) is 5.78. The Morgan fingerprint density at radius 2 is 1.13 bits per heavy atom. The zero-order valence-electron chi connectivity index (χ0n) is 20.6. The lowest BCUT2D eigenvalue weighted by Gasteiger charge is -2.21. The molecule has 6 aromatic carbocycles. The Hall–Kier alpha value is -4.52. The van der Waals surface area contributed by atoms with Crippen LogP contribution in [-0.2, 0) is 0 Å². The fraction of sp³-hybridized carbons (Fsp3) is 0. The van der Waals surface area contributed by atoms with Crippen molar-refractivity contribution in [1.82, 2.24) is 9.38 Å². The molecule has 2 heterocycles. The number of para-hydroxylation sites is 3. The van der Waals surface area contributed by atoms with E-state index in [2.05, 4.69) is 144 Å². The Labute approximate surface area is 221 Å². The van der Waals surface area contributed by atoms with Crippen LogP contribution < -0.4 is 15.9 Å². The summed E-state index contributed by atoms with van der Waals surface area (Å²) in [5, 5.41) is 10.3. The van der Waals surface area contributed by atoms with Crippen LogP contribution in [-0.4, -0.2) is 9.38 Å². The summed E-state index contributed by atoms with van der Waals surface area (Å²) < 4.78 is 2.33. The van der Waals surface area contributed by atoms with Crippen LogP contribution in [0.25, 0.3) is 49.1 Å². The molecule has 178 valence electrons. The molecule has 0 saturated heterocycles. The normalized spacial score (nSPS) is 12.6. The summed E-state index contributed by atoms with van der Waals surface area (Å²) >= 11 is 0. The van der Waals surface area contributed by atoms with E-state index in [1.807, 2.05) is 0 Å². The molecule has 0 N–H and O–H groups in total. The number of hydrogen-bond acceptors (Lipinski definition) is 1. The molecular weight excluding hydrogens is 479 g/mol. The number of nitrogens with zero attached hydrogens (tertiary/aromatic N) is 2. The van der Waals surface area contributed by atoms with Crippen molar-refractivity contribution in [3.8, 4) is 0 Å². The van der Waals surface area contributed by atoms with E-state index in [1.165, 1.54) is 48.4 Å². The van der Waals surface area contributed by atoms with Crippen LogP contribution >= 0.6 is 7.92 Å². The number of hydrogen-bond donors (Lipinski definition) is 0. The smallest absolute Gasteiger partial charge is 0.146 e. The third kappa shape index (κ3) is 3.28. The van der Waals surface area contributed by atoms with Crippen molar-refractivity contribution >= 4 is 73.0 Å². The van der Waals surface area contributed by atoms with Crippen LogP contribution in [0.15, 0.2) is 140 Å². The van der Waals surface area contributed by atoms with Gasteiger partial charge in [0.2, 0.25) is 0 Å². The quantitative estimate of drug-likeness (QED) is 0.179. The highest BCUT2D eigenvalue weighted by Gasteiger charge is 2.20. The van der Waals surface area contributed by atoms with Crippen molar-refractivity contribution in [1.29, 1.82) is 0 Å². The van der Waals surface area contributed by atoms with E-state index < -0.39 is 7.92 Å². The maximum absolute atomic E-state index is 5.15. The van der Waals surface area contributed by atoms with Crippen LogP contribution in [0.1, 0.15) is 0 Å². The first-order valence-electron chi connectivity index (χ1n) is 12.9. The molecule has 3 heteroatoms. The zero-order valence-corrected chi connectivity index (χ0v) is 21.5. The number of imidazole rings is 1. The van der Waals surface area contributed by atoms with E-state index in [9.17, 15) is 0 Å². The predicted molar refractivity (Wildman–Crippen MR) is 164 cm³/mol. The summed E-state index contributed by atoms with van der Waals surface area (Å²) in [7, 11) is -0.752. The number of pyridine rings is 1. The molecule has 1 atom stereocenters. The van der Waals surface area contributed by atoms with Gasteiger partial charge in [0.1, 0.15) is 5.65 Å². The van der Waals surface area contributed by atoms with Gasteiger partial charge in [-0.1, -0.05) is 109 Å². The molecule has 1 unspecified atom stereocenters. The van der Waals surface area contributed by atoms with Gasteiger partial charge in [0.05, 0.1) is 16.6 Å². The van der Waals surface area contributed by atoms with E-state index >= 15 is 0 Å². The van der Waals surface area contributed by atoms with Gasteiger partial charge in [0.15, 0.2) is 0 Å². The van der Waals surface area contributed by atoms with Gasteiger partial charge in [0.25, 0.3) is 0 Å². The summed E-state index contributed by atoms with van der Waals surface area (Å²) in [6, 6.07) is 50.7. The molecule has 8 aromatic rings. The van der Waals surface area contributed by atoms with Gasteiger partial charge in [-0.3, -0.25) is 4.40 Å². The third-order valence-corrected chi connectivity index (χ3v) is 9.91. The van der Waals surface area contributed by atoms with Crippen molar-refractivity contribution in [2.24, 2.45) is 0 Å². The Balaban J connectivity index is 1.45. The fourth-order valence-corrected chi connectivity index (χ4v) is 8.12. The molecule has 0 spiro atoms. The highest BCUT2D eigenvalue weighted by Crippen LogP contribution is 2.37. The highest BCUT2D eigenvalue weighted by atomic mass is 31.1. The van der Waals surface area contributed by atoms with Crippen molar-refractivity contribution < 1.29 is 0 Å². The molecular formula is C35H23N2P. The van der Waals surface area contributed by atoms with Crippen molar-refractivity contribution in [3.63, 3.8) is 0 Å². The van der Waals surface area contributed by atoms with Gasteiger partial charge >= 0.3 is 0 Å². The van der Waals surface area contributed by atoms with Crippen LogP contribution in [0, 0.1) is 0 Å². The topological polar surface area (TPSA) is 17.3 Å². The van der Waals surface area contributed by atoms with Crippen LogP contribution in [0.2, 0.25) is 0 Å². The first-order chi connectivity index (χ1) is 18.8. The molecule has 0 aliphatic rings. The summed E-state index contributed by atoms with van der Waals surface area (Å²) in [6.07, 6.45) is 0. The summed E-state index contributed by atoms with van der Waals surface area (Å²) in [5.41, 5.74) is 4.38. The molecule has 0 aliphatic carbocycles. The SMILES string of the molecule is c1ccc(P(c2ccc3ccccc3c2)c2ccc3c4ccccc4n4c5ccccc5nc4c3c2)cc1. The summed E-state index contributed by atoms with van der Waals surface area (Å²) in [6.45, 7) is 0. The molecule has 38 heavy (non-hydrogen) atoms. The molecule has 0 amide bonds. The minimum atomic E-state index is -0.752. The van der Waals surface area contributed by atoms with Crippen molar-refractivity contribution in [2.45, 2.75) is 0 Å². The number of benzene rings is 6. The highest BCUT2D eigenvalue weighted by molar-refractivity contribution is 7.79. The molecule has 2 nitrogen and oxygen atoms in total. The summed E-state index contributed by atoms with van der Waals surface area (Å²) in [4.78, 5) is 5.15. The van der Waals surface area contributed by atoms with Crippen LogP contribution in [0.4, 0.5) is 0 Å². The van der Waals surface area contributed by atoms with E-state index in [0.717, 1.165) is 16.7 Å². The Bertz CT molecular complexity index is 2140. The lowest BCUT2D eigenvalue weighted by atomic mass is 10.1. The first-order valence-corrected chi connectivity index (χ1v) is 14.2. The van der Waals surface area contributed by atoms with E-state index in [4.69, 9.17) is 4.98 Å². The molecule has 2 aromatic heterocycles. The molecule has 0 bridgehead atoms. The van der Waals surface area contributed by atoms with Gasteiger partial charge in [-0.05, 0) is 70.3 Å². The minimum Gasteiger partial charge on any atom is -0.292 e. The average molecular weight is 503 g/mol. The molecule has 0 radical (unpaired) electrons. The Morgan fingerprint density at radius 3 is 2.03 bits per heavy atom. The van der Waals surface area contributed by atoms with E-state index in [1.54, 1.807) is 0 Å². The van der Waals surface area contributed by atoms with Crippen molar-refractivity contribution in [2.75, 3.05) is 0 Å². The lowest BCUT2D eigenvalue weighted by Crippen LogP contribution is -2.20. The summed E-state index contributed by atoms with van der Waals surface area (Å²) in [5.74, 6) is 0. The maximum atomic E-state index is 5.15. The van der Waals surface area contributed by atoms with E-state index in [0.29, 0.717) is 0 Å². The number of rotatable bonds is 3. The molecule has 8 rings (SSSR count). The van der Waals surface area contributed by atoms with Crippen LogP contribution in [0.3, 0.4) is 0 Å². The van der Waals surface area contributed by atoms with Gasteiger partial charge in [-0.2, -0.15) is 0 Å². The van der Waals surface area contributed by atoms with Gasteiger partial charge in [-0.15, -0.1) is 0 Å². The largest absolute Gasteiger partial charge is 0.292 e. The van der Waals surface area contributed by atoms with Gasteiger partial charge in [0, 0.05) is 10.8 Å². The Kier molecular flexibility index (Phi) is 4.83. The molecule has 0 fully saturated rings. The predicted octanol–water partition coefficient (Wildman–Crippen LogP) is 7.71. The zero-order chi connectivity index (χ0) is 25.1. The standard InChI is InChI=1S/C35H23N2P/c1-2-12-26(13-3-1)38(27-19-18-24-10-4-5-11-25(24)22-27)28-20-21-29-30-14-6-8-16-33(30)37-34-17-9-7-15-32(34)36-35(37)31(29)23-28/h1-23H. The monoisotopic (exact) mass is 502 g/mol. The molecule has 0 saturated carbocycles. The van der Waals surface area contributed by atoms with Gasteiger partial charge in [-0.25, -0.2) is 4.98 Å². The van der Waals surface area contributed by atoms with Crippen LogP contribution in [0.5, 0.6) is 0 Å². The average Bonchev–Trinajstić information content (AvgIpc) is 3.38. The first kappa shape index (κ1) is 21.6. The lowest BCUT2D eigenvalue weighted by molar-refractivity contribution is 1.32. The van der Waals surface area contributed by atoms with E-state index in [-0.39, 0.29) is 0 Å². The minimum absolute atomic E-state index is 0.752. The third-order valence-electron chi connectivity index (χ3n) is 7.50. The second kappa shape index (κ2) is 8.52. The molecule has 0 aliphatic heterocycles. The van der Waals surface area contributed by atoms with Gasteiger partial charge < -0.3 is 0 Å². The number of aromatic nitrogens is 2.